The molecule has 0 amide bonds. The van der Waals surface area contributed by atoms with Crippen LogP contribution in [0.2, 0.25) is 0 Å². The van der Waals surface area contributed by atoms with Crippen molar-refractivity contribution in [3.05, 3.63) is 65.9 Å². The molecule has 5 rings (SSSR count). The van der Waals surface area contributed by atoms with Crippen LogP contribution in [-0.4, -0.2) is 86.3 Å². The molecule has 1 fully saturated rings. The number of pyridine rings is 1. The zero-order valence-electron chi connectivity index (χ0n) is 25.1. The van der Waals surface area contributed by atoms with E-state index in [-0.39, 0.29) is 18.5 Å². The third kappa shape index (κ3) is 9.44. The number of hydrogen-bond acceptors (Lipinski definition) is 10. The smallest absolute Gasteiger partial charge is 0.308 e. The monoisotopic (exact) mass is 589 g/mol. The van der Waals surface area contributed by atoms with Crippen molar-refractivity contribution in [3.63, 3.8) is 0 Å². The normalized spacial score (nSPS) is 17.9. The minimum absolute atomic E-state index is 0.0371. The van der Waals surface area contributed by atoms with Crippen LogP contribution in [0.1, 0.15) is 37.3 Å². The van der Waals surface area contributed by atoms with E-state index in [4.69, 9.17) is 28.9 Å². The van der Waals surface area contributed by atoms with E-state index in [2.05, 4.69) is 39.5 Å². The highest BCUT2D eigenvalue weighted by Crippen LogP contribution is 2.31. The molecule has 3 heterocycles. The highest BCUT2D eigenvalue weighted by Gasteiger charge is 2.32. The molecule has 1 aliphatic heterocycles. The summed E-state index contributed by atoms with van der Waals surface area (Å²) >= 11 is 0. The van der Waals surface area contributed by atoms with Crippen molar-refractivity contribution in [1.29, 1.82) is 0 Å². The first-order valence-electron chi connectivity index (χ1n) is 15.5. The van der Waals surface area contributed by atoms with Crippen LogP contribution < -0.4 is 10.2 Å². The van der Waals surface area contributed by atoms with Gasteiger partial charge in [0, 0.05) is 38.5 Å². The predicted molar refractivity (Wildman–Crippen MR) is 165 cm³/mol. The van der Waals surface area contributed by atoms with Gasteiger partial charge in [0.2, 0.25) is 0 Å². The van der Waals surface area contributed by atoms with Crippen molar-refractivity contribution in [1.82, 2.24) is 15.0 Å². The molecule has 0 spiro atoms. The average Bonchev–Trinajstić information content (AvgIpc) is 3.24. The van der Waals surface area contributed by atoms with E-state index < -0.39 is 0 Å². The molecule has 0 bridgehead atoms. The molecule has 230 valence electrons. The van der Waals surface area contributed by atoms with Gasteiger partial charge in [0.25, 0.3) is 0 Å². The topological polar surface area (TPSA) is 108 Å². The summed E-state index contributed by atoms with van der Waals surface area (Å²) in [6.45, 7) is 7.61. The Kier molecular flexibility index (Phi) is 11.7. The Morgan fingerprint density at radius 2 is 1.60 bits per heavy atom. The van der Waals surface area contributed by atoms with Crippen molar-refractivity contribution in [2.75, 3.05) is 69.5 Å². The maximum absolute atomic E-state index is 12.2. The molecule has 1 saturated carbocycles. The largest absolute Gasteiger partial charge is 0.462 e. The molecule has 1 aromatic carbocycles. The summed E-state index contributed by atoms with van der Waals surface area (Å²) < 4.78 is 21.7. The van der Waals surface area contributed by atoms with Gasteiger partial charge in [-0.3, -0.25) is 9.78 Å². The lowest BCUT2D eigenvalue weighted by Crippen LogP contribution is -2.37. The number of aromatic nitrogens is 3. The summed E-state index contributed by atoms with van der Waals surface area (Å²) in [7, 11) is 0. The summed E-state index contributed by atoms with van der Waals surface area (Å²) in [5.41, 5.74) is 3.57. The molecule has 2 aromatic heterocycles. The molecule has 2 aliphatic rings. The van der Waals surface area contributed by atoms with Crippen LogP contribution in [0.3, 0.4) is 0 Å². The number of anilines is 2. The molecule has 0 unspecified atom stereocenters. The molecular weight excluding hydrogens is 546 g/mol. The zero-order valence-corrected chi connectivity index (χ0v) is 25.1. The van der Waals surface area contributed by atoms with E-state index in [1.807, 2.05) is 31.2 Å². The van der Waals surface area contributed by atoms with Gasteiger partial charge in [0.15, 0.2) is 5.82 Å². The van der Waals surface area contributed by atoms with Gasteiger partial charge in [0.05, 0.1) is 39.5 Å². The van der Waals surface area contributed by atoms with Crippen LogP contribution in [0.15, 0.2) is 54.7 Å². The Balaban J connectivity index is 1.07. The van der Waals surface area contributed by atoms with E-state index in [1.165, 1.54) is 11.1 Å². The Bertz CT molecular complexity index is 1260. The zero-order chi connectivity index (χ0) is 29.7. The SMILES string of the molecule is CCOCCOCCOCCC(=O)O[C@H]1C[C@@H](CNc2cc(N3CCc4ccccc4CC3)nc(-c3ccccn3)n2)C1. The van der Waals surface area contributed by atoms with Gasteiger partial charge in [0.1, 0.15) is 23.4 Å². The number of carbonyl (C=O) groups is 1. The average molecular weight is 590 g/mol. The minimum atomic E-state index is -0.214. The fraction of sp³-hybridized carbons (Fsp3) is 0.515. The van der Waals surface area contributed by atoms with Crippen molar-refractivity contribution in [2.45, 2.75) is 45.1 Å². The van der Waals surface area contributed by atoms with Gasteiger partial charge in [-0.1, -0.05) is 30.3 Å². The number of nitrogens with zero attached hydrogens (tertiary/aromatic N) is 4. The summed E-state index contributed by atoms with van der Waals surface area (Å²) in [6, 6.07) is 16.5. The first-order valence-corrected chi connectivity index (χ1v) is 15.5. The van der Waals surface area contributed by atoms with Crippen LogP contribution in [0.25, 0.3) is 11.5 Å². The van der Waals surface area contributed by atoms with Crippen molar-refractivity contribution in [2.24, 2.45) is 5.92 Å². The third-order valence-corrected chi connectivity index (χ3v) is 7.81. The molecule has 0 saturated heterocycles. The minimum Gasteiger partial charge on any atom is -0.462 e. The Morgan fingerprint density at radius 3 is 2.30 bits per heavy atom. The summed E-state index contributed by atoms with van der Waals surface area (Å²) in [5, 5.41) is 3.53. The fourth-order valence-corrected chi connectivity index (χ4v) is 5.36. The maximum atomic E-state index is 12.2. The Morgan fingerprint density at radius 1 is 0.907 bits per heavy atom. The highest BCUT2D eigenvalue weighted by atomic mass is 16.6. The van der Waals surface area contributed by atoms with E-state index >= 15 is 0 Å². The molecule has 0 radical (unpaired) electrons. The molecule has 1 N–H and O–H groups in total. The highest BCUT2D eigenvalue weighted by molar-refractivity contribution is 5.69. The lowest BCUT2D eigenvalue weighted by molar-refractivity contribution is -0.156. The Labute approximate surface area is 254 Å². The number of benzene rings is 1. The van der Waals surface area contributed by atoms with Crippen LogP contribution >= 0.6 is 0 Å². The fourth-order valence-electron chi connectivity index (χ4n) is 5.36. The van der Waals surface area contributed by atoms with Crippen LogP contribution in [0, 0.1) is 5.92 Å². The van der Waals surface area contributed by atoms with Gasteiger partial charge in [-0.2, -0.15) is 0 Å². The number of fused-ring (bicyclic) bond motifs is 1. The van der Waals surface area contributed by atoms with Crippen LogP contribution in [0.4, 0.5) is 11.6 Å². The molecule has 10 nitrogen and oxygen atoms in total. The molecular formula is C33H43N5O5. The standard InChI is InChI=1S/C33H43N5O5/c1-2-40-17-18-42-20-19-41-16-12-32(39)43-28-21-25(22-28)24-35-30-23-31(37-33(36-30)29-9-5-6-13-34-29)38-14-10-26-7-3-4-8-27(26)11-15-38/h3-9,13,23,25,28H,2,10-12,14-22,24H2,1H3,(H,35,36,37)/t25-,28+. The number of nitrogens with one attached hydrogen (secondary N) is 1. The molecule has 1 aliphatic carbocycles. The molecule has 10 heteroatoms. The second-order valence-corrected chi connectivity index (χ2v) is 10.9. The molecule has 0 atom stereocenters. The van der Waals surface area contributed by atoms with Gasteiger partial charge < -0.3 is 29.2 Å². The molecule has 3 aromatic rings. The summed E-state index contributed by atoms with van der Waals surface area (Å²) in [5.74, 6) is 2.50. The van der Waals surface area contributed by atoms with Gasteiger partial charge in [-0.05, 0) is 61.8 Å². The molecule has 43 heavy (non-hydrogen) atoms. The summed E-state index contributed by atoms with van der Waals surface area (Å²) in [4.78, 5) is 28.8. The second-order valence-electron chi connectivity index (χ2n) is 10.9. The van der Waals surface area contributed by atoms with E-state index in [1.54, 1.807) is 6.20 Å². The Hall–Kier alpha value is -3.60. The third-order valence-electron chi connectivity index (χ3n) is 7.81. The van der Waals surface area contributed by atoms with E-state index in [0.29, 0.717) is 51.4 Å². The first kappa shape index (κ1) is 30.8. The lowest BCUT2D eigenvalue weighted by Gasteiger charge is -2.35. The lowest BCUT2D eigenvalue weighted by atomic mass is 9.82. The van der Waals surface area contributed by atoms with Gasteiger partial charge >= 0.3 is 5.97 Å². The first-order chi connectivity index (χ1) is 21.2. The van der Waals surface area contributed by atoms with E-state index in [9.17, 15) is 4.79 Å². The van der Waals surface area contributed by atoms with Crippen LogP contribution in [0.5, 0.6) is 0 Å². The summed E-state index contributed by atoms with van der Waals surface area (Å²) in [6.07, 6.45) is 5.62. The maximum Gasteiger partial charge on any atom is 0.308 e. The predicted octanol–water partition coefficient (Wildman–Crippen LogP) is 4.34. The number of ether oxygens (including phenoxy) is 4. The van der Waals surface area contributed by atoms with Crippen LogP contribution in [-0.2, 0) is 36.6 Å². The van der Waals surface area contributed by atoms with Gasteiger partial charge in [-0.15, -0.1) is 0 Å². The van der Waals surface area contributed by atoms with Crippen molar-refractivity contribution < 1.29 is 23.7 Å². The van der Waals surface area contributed by atoms with Crippen molar-refractivity contribution in [3.8, 4) is 11.5 Å². The number of hydrogen-bond donors (Lipinski definition) is 1. The van der Waals surface area contributed by atoms with Gasteiger partial charge in [-0.25, -0.2) is 9.97 Å². The number of esters is 1. The second kappa shape index (κ2) is 16.3. The van der Waals surface area contributed by atoms with E-state index in [0.717, 1.165) is 62.6 Å². The number of carbonyl (C=O) groups excluding carboxylic acids is 1. The number of rotatable bonds is 16. The quantitative estimate of drug-likeness (QED) is 0.192. The van der Waals surface area contributed by atoms with Crippen molar-refractivity contribution >= 4 is 17.6 Å².